The molecule has 32 heavy (non-hydrogen) atoms. The minimum absolute atomic E-state index is 0.255. The number of H-pyrrole nitrogens is 1. The Morgan fingerprint density at radius 2 is 1.78 bits per heavy atom. The van der Waals surface area contributed by atoms with Gasteiger partial charge in [0.05, 0.1) is 40.6 Å². The summed E-state index contributed by atoms with van der Waals surface area (Å²) in [7, 11) is 1.63. The number of nitrogens with two attached hydrogens (primary N) is 1. The first-order valence-corrected chi connectivity index (χ1v) is 10.5. The molecule has 0 atom stereocenters. The van der Waals surface area contributed by atoms with Gasteiger partial charge in [0, 0.05) is 29.2 Å². The predicted octanol–water partition coefficient (Wildman–Crippen LogP) is 3.46. The van der Waals surface area contributed by atoms with Gasteiger partial charge in [-0.3, -0.25) is 4.79 Å². The second-order valence-electron chi connectivity index (χ2n) is 7.93. The summed E-state index contributed by atoms with van der Waals surface area (Å²) in [5.41, 5.74) is 12.1. The Balaban J connectivity index is 1.76. The predicted molar refractivity (Wildman–Crippen MR) is 126 cm³/mol. The molecule has 0 amide bonds. The highest BCUT2D eigenvalue weighted by Gasteiger charge is 2.17. The van der Waals surface area contributed by atoms with Crippen LogP contribution in [0.15, 0.2) is 41.3 Å². The van der Waals surface area contributed by atoms with Crippen LogP contribution in [0.5, 0.6) is 5.75 Å². The Labute approximate surface area is 184 Å². The minimum atomic E-state index is -0.255. The van der Waals surface area contributed by atoms with E-state index in [1.807, 2.05) is 50.4 Å². The van der Waals surface area contributed by atoms with Crippen molar-refractivity contribution in [1.29, 1.82) is 0 Å². The molecule has 0 radical (unpaired) electrons. The third kappa shape index (κ3) is 3.29. The van der Waals surface area contributed by atoms with E-state index < -0.39 is 0 Å². The van der Waals surface area contributed by atoms with E-state index in [1.54, 1.807) is 7.11 Å². The van der Waals surface area contributed by atoms with Gasteiger partial charge >= 0.3 is 0 Å². The number of aromatic amines is 1. The maximum atomic E-state index is 13.1. The van der Waals surface area contributed by atoms with Gasteiger partial charge in [0.2, 0.25) is 0 Å². The van der Waals surface area contributed by atoms with Gasteiger partial charge in [0.15, 0.2) is 0 Å². The molecule has 0 aliphatic carbocycles. The summed E-state index contributed by atoms with van der Waals surface area (Å²) in [6.45, 7) is 5.20. The van der Waals surface area contributed by atoms with E-state index in [1.165, 1.54) is 0 Å². The quantitative estimate of drug-likeness (QED) is 0.415. The molecular weight excluding hydrogens is 404 g/mol. The number of nitrogens with zero attached hydrogens (tertiary/aromatic N) is 4. The van der Waals surface area contributed by atoms with Gasteiger partial charge in [0.1, 0.15) is 11.4 Å². The number of fused-ring (bicyclic) bond motifs is 3. The van der Waals surface area contributed by atoms with Crippen LogP contribution in [0.1, 0.15) is 17.8 Å². The molecule has 0 bridgehead atoms. The molecule has 0 fully saturated rings. The molecule has 0 saturated heterocycles. The highest BCUT2D eigenvalue weighted by atomic mass is 16.5. The number of hydrogen-bond donors (Lipinski definition) is 2. The Kier molecular flexibility index (Phi) is 4.86. The smallest absolute Gasteiger partial charge is 0.275 e. The third-order valence-corrected chi connectivity index (χ3v) is 5.83. The van der Waals surface area contributed by atoms with E-state index in [0.717, 1.165) is 57.6 Å². The van der Waals surface area contributed by atoms with Crippen molar-refractivity contribution in [2.45, 2.75) is 26.8 Å². The molecule has 0 aliphatic rings. The van der Waals surface area contributed by atoms with Crippen molar-refractivity contribution < 1.29 is 4.74 Å². The van der Waals surface area contributed by atoms with E-state index in [2.05, 4.69) is 19.5 Å². The molecule has 2 aromatic carbocycles. The van der Waals surface area contributed by atoms with Crippen molar-refractivity contribution >= 4 is 33.0 Å². The lowest BCUT2D eigenvalue weighted by atomic mass is 10.1. The summed E-state index contributed by atoms with van der Waals surface area (Å²) in [6, 6.07) is 9.55. The molecule has 8 nitrogen and oxygen atoms in total. The molecule has 3 aromatic heterocycles. The first kappa shape index (κ1) is 20.1. The van der Waals surface area contributed by atoms with Crippen molar-refractivity contribution in [2.24, 2.45) is 5.73 Å². The standard InChI is InChI=1S/C24H24N6O2/c1-13-14(2)27-19-11-21-20(10-18(19)26-13)28-23(24(31)29-21)17-12-30(8-4-7-25)22-6-5-15(32-3)9-16(17)22/h5-6,9-12H,4,7-8,25H2,1-3H3,(H,29,31). The molecule has 8 heteroatoms. The Bertz CT molecular complexity index is 1550. The van der Waals surface area contributed by atoms with Gasteiger partial charge < -0.3 is 20.0 Å². The zero-order chi connectivity index (χ0) is 22.4. The summed E-state index contributed by atoms with van der Waals surface area (Å²) >= 11 is 0. The van der Waals surface area contributed by atoms with Crippen molar-refractivity contribution in [3.63, 3.8) is 0 Å². The Hall–Kier alpha value is -3.78. The molecule has 3 N–H and O–H groups in total. The Morgan fingerprint density at radius 3 is 2.50 bits per heavy atom. The highest BCUT2D eigenvalue weighted by Crippen LogP contribution is 2.32. The average Bonchev–Trinajstić information content (AvgIpc) is 3.14. The SMILES string of the molecule is COc1ccc2c(c1)c(-c1nc3cc4nc(C)c(C)nc4cc3[nH]c1=O)cn2CCCN. The lowest BCUT2D eigenvalue weighted by molar-refractivity contribution is 0.415. The van der Waals surface area contributed by atoms with E-state index >= 15 is 0 Å². The number of methoxy groups -OCH3 is 1. The third-order valence-electron chi connectivity index (χ3n) is 5.83. The van der Waals surface area contributed by atoms with Gasteiger partial charge in [0.25, 0.3) is 5.56 Å². The zero-order valence-corrected chi connectivity index (χ0v) is 18.3. The lowest BCUT2D eigenvalue weighted by Gasteiger charge is -2.06. The van der Waals surface area contributed by atoms with Crippen molar-refractivity contribution in [3.8, 4) is 17.0 Å². The van der Waals surface area contributed by atoms with Crippen LogP contribution in [0.25, 0.3) is 44.2 Å². The number of hydrogen-bond acceptors (Lipinski definition) is 6. The summed E-state index contributed by atoms with van der Waals surface area (Å²) in [5, 5.41) is 0.908. The number of aryl methyl sites for hydroxylation is 3. The number of ether oxygens (including phenoxy) is 1. The molecular formula is C24H24N6O2. The van der Waals surface area contributed by atoms with Crippen molar-refractivity contribution in [1.82, 2.24) is 24.5 Å². The fourth-order valence-electron chi connectivity index (χ4n) is 4.03. The topological polar surface area (TPSA) is 112 Å². The molecule has 0 saturated carbocycles. The van der Waals surface area contributed by atoms with E-state index in [9.17, 15) is 4.79 Å². The number of nitrogens with one attached hydrogen (secondary N) is 1. The summed E-state index contributed by atoms with van der Waals surface area (Å²) in [5.74, 6) is 0.722. The summed E-state index contributed by atoms with van der Waals surface area (Å²) in [4.78, 5) is 30.1. The maximum Gasteiger partial charge on any atom is 0.275 e. The largest absolute Gasteiger partial charge is 0.497 e. The maximum absolute atomic E-state index is 13.1. The van der Waals surface area contributed by atoms with Crippen LogP contribution < -0.4 is 16.0 Å². The zero-order valence-electron chi connectivity index (χ0n) is 18.3. The van der Waals surface area contributed by atoms with Gasteiger partial charge in [-0.1, -0.05) is 0 Å². The van der Waals surface area contributed by atoms with Crippen molar-refractivity contribution in [2.75, 3.05) is 13.7 Å². The highest BCUT2D eigenvalue weighted by molar-refractivity contribution is 5.97. The lowest BCUT2D eigenvalue weighted by Crippen LogP contribution is -2.11. The monoisotopic (exact) mass is 428 g/mol. The van der Waals surface area contributed by atoms with Crippen LogP contribution in [0.2, 0.25) is 0 Å². The van der Waals surface area contributed by atoms with E-state index in [0.29, 0.717) is 23.3 Å². The fraction of sp³-hybridized carbons (Fsp3) is 0.250. The molecule has 3 heterocycles. The number of aromatic nitrogens is 5. The van der Waals surface area contributed by atoms with Gasteiger partial charge in [-0.25, -0.2) is 15.0 Å². The molecule has 162 valence electrons. The molecule has 5 rings (SSSR count). The number of rotatable bonds is 5. The second kappa shape index (κ2) is 7.72. The van der Waals surface area contributed by atoms with E-state index in [4.69, 9.17) is 15.5 Å². The van der Waals surface area contributed by atoms with Gasteiger partial charge in [-0.15, -0.1) is 0 Å². The number of benzene rings is 2. The van der Waals surface area contributed by atoms with Gasteiger partial charge in [-0.05, 0) is 57.1 Å². The Morgan fingerprint density at radius 1 is 1.03 bits per heavy atom. The second-order valence-corrected chi connectivity index (χ2v) is 7.93. The first-order valence-electron chi connectivity index (χ1n) is 10.5. The van der Waals surface area contributed by atoms with Crippen molar-refractivity contribution in [3.05, 3.63) is 58.3 Å². The van der Waals surface area contributed by atoms with Crippen LogP contribution in [0.3, 0.4) is 0 Å². The van der Waals surface area contributed by atoms with Crippen LogP contribution in [0, 0.1) is 13.8 Å². The minimum Gasteiger partial charge on any atom is -0.497 e. The summed E-state index contributed by atoms with van der Waals surface area (Å²) in [6.07, 6.45) is 2.80. The first-order chi connectivity index (χ1) is 15.5. The molecule has 0 aliphatic heterocycles. The fourth-order valence-corrected chi connectivity index (χ4v) is 4.03. The molecule has 0 spiro atoms. The summed E-state index contributed by atoms with van der Waals surface area (Å²) < 4.78 is 7.53. The van der Waals surface area contributed by atoms with Crippen LogP contribution >= 0.6 is 0 Å². The molecule has 0 unspecified atom stereocenters. The van der Waals surface area contributed by atoms with Gasteiger partial charge in [-0.2, -0.15) is 0 Å². The van der Waals surface area contributed by atoms with Crippen LogP contribution in [-0.2, 0) is 6.54 Å². The van der Waals surface area contributed by atoms with E-state index in [-0.39, 0.29) is 5.56 Å². The average molecular weight is 428 g/mol. The van der Waals surface area contributed by atoms with Crippen LogP contribution in [0.4, 0.5) is 0 Å². The normalized spacial score (nSPS) is 11.6. The van der Waals surface area contributed by atoms with Crippen LogP contribution in [-0.4, -0.2) is 38.2 Å². The molecule has 5 aromatic rings.